The Balaban J connectivity index is 2.03. The number of benzene rings is 2. The number of rotatable bonds is 4. The minimum Gasteiger partial charge on any atom is -0.123 e. The molecule has 0 aliphatic carbocycles. The third-order valence-electron chi connectivity index (χ3n) is 2.17. The fourth-order valence-corrected chi connectivity index (χ4v) is 3.16. The first-order valence-corrected chi connectivity index (χ1v) is 7.43. The number of hydrogen-bond donors (Lipinski definition) is 0. The van der Waals surface area contributed by atoms with E-state index in [2.05, 4.69) is 62.4 Å². The van der Waals surface area contributed by atoms with Crippen LogP contribution in [0.5, 0.6) is 0 Å². The molecule has 0 fully saturated rings. The Bertz CT molecular complexity index is 446. The Labute approximate surface area is 112 Å². The van der Waals surface area contributed by atoms with Crippen LogP contribution in [0.3, 0.4) is 0 Å². The molecule has 88 valence electrons. The van der Waals surface area contributed by atoms with E-state index in [1.54, 1.807) is 11.8 Å². The normalized spacial score (nSPS) is 10.8. The molecule has 0 atom stereocenters. The zero-order valence-corrected chi connectivity index (χ0v) is 11.7. The maximum atomic E-state index is 2.22. The van der Waals surface area contributed by atoms with Crippen molar-refractivity contribution in [3.63, 3.8) is 0 Å². The van der Waals surface area contributed by atoms with Crippen LogP contribution >= 0.6 is 23.5 Å². The highest BCUT2D eigenvalue weighted by atomic mass is 32.2. The largest absolute Gasteiger partial charge is 0.123 e. The molecule has 0 nitrogen and oxygen atoms in total. The topological polar surface area (TPSA) is 0 Å². The molecule has 17 heavy (non-hydrogen) atoms. The molecule has 0 aliphatic rings. The Hall–Kier alpha value is -0.860. The average molecular weight is 260 g/mol. The summed E-state index contributed by atoms with van der Waals surface area (Å²) < 4.78 is 0. The first kappa shape index (κ1) is 12.6. The van der Waals surface area contributed by atoms with Gasteiger partial charge in [0.2, 0.25) is 0 Å². The average Bonchev–Trinajstić information content (AvgIpc) is 2.32. The third kappa shape index (κ3) is 4.14. The molecule has 2 aromatic carbocycles. The summed E-state index contributed by atoms with van der Waals surface area (Å²) in [6.07, 6.45) is 0. The van der Waals surface area contributed by atoms with Gasteiger partial charge in [0.1, 0.15) is 0 Å². The van der Waals surface area contributed by atoms with Gasteiger partial charge in [-0.15, -0.1) is 11.8 Å². The molecule has 0 amide bonds. The van der Waals surface area contributed by atoms with Crippen molar-refractivity contribution in [1.82, 2.24) is 0 Å². The third-order valence-corrected chi connectivity index (χ3v) is 4.21. The van der Waals surface area contributed by atoms with Gasteiger partial charge in [-0.1, -0.05) is 43.8 Å². The van der Waals surface area contributed by atoms with Gasteiger partial charge in [-0.05, 0) is 36.4 Å². The second-order valence-electron chi connectivity index (χ2n) is 4.05. The second kappa shape index (κ2) is 6.18. The van der Waals surface area contributed by atoms with E-state index in [1.165, 1.54) is 14.7 Å². The van der Waals surface area contributed by atoms with Crippen molar-refractivity contribution >= 4 is 23.5 Å². The van der Waals surface area contributed by atoms with Crippen LogP contribution in [0.4, 0.5) is 0 Å². The molecule has 0 unspecified atom stereocenters. The summed E-state index contributed by atoms with van der Waals surface area (Å²) in [5.74, 6) is 0. The van der Waals surface area contributed by atoms with Gasteiger partial charge >= 0.3 is 0 Å². The lowest BCUT2D eigenvalue weighted by atomic mass is 10.4. The summed E-state index contributed by atoms with van der Waals surface area (Å²) in [4.78, 5) is 3.93. The lowest BCUT2D eigenvalue weighted by molar-refractivity contribution is 1.11. The van der Waals surface area contributed by atoms with Crippen LogP contribution in [0.15, 0.2) is 69.3 Å². The van der Waals surface area contributed by atoms with Gasteiger partial charge in [-0.25, -0.2) is 0 Å². The molecule has 2 rings (SSSR count). The predicted molar refractivity (Wildman–Crippen MR) is 78.0 cm³/mol. The molecule has 2 heteroatoms. The molecule has 0 spiro atoms. The molecule has 0 heterocycles. The Kier molecular flexibility index (Phi) is 4.57. The summed E-state index contributed by atoms with van der Waals surface area (Å²) in [5.41, 5.74) is 0. The van der Waals surface area contributed by atoms with Crippen molar-refractivity contribution in [2.75, 3.05) is 0 Å². The maximum Gasteiger partial charge on any atom is 0.0123 e. The molecule has 0 N–H and O–H groups in total. The molecule has 2 aromatic rings. The summed E-state index contributed by atoms with van der Waals surface area (Å²) in [6, 6.07) is 19.3. The minimum atomic E-state index is 0.641. The highest BCUT2D eigenvalue weighted by Gasteiger charge is 2.00. The first-order valence-electron chi connectivity index (χ1n) is 5.73. The van der Waals surface area contributed by atoms with Crippen molar-refractivity contribution in [2.24, 2.45) is 0 Å². The van der Waals surface area contributed by atoms with E-state index < -0.39 is 0 Å². The van der Waals surface area contributed by atoms with E-state index in [4.69, 9.17) is 0 Å². The molecule has 0 aliphatic heterocycles. The highest BCUT2D eigenvalue weighted by molar-refractivity contribution is 8.00. The quantitative estimate of drug-likeness (QED) is 0.681. The van der Waals surface area contributed by atoms with Gasteiger partial charge < -0.3 is 0 Å². The van der Waals surface area contributed by atoms with Crippen LogP contribution in [0.2, 0.25) is 0 Å². The van der Waals surface area contributed by atoms with Crippen LogP contribution in [0, 0.1) is 0 Å². The van der Waals surface area contributed by atoms with Gasteiger partial charge in [0.15, 0.2) is 0 Å². The van der Waals surface area contributed by atoms with Gasteiger partial charge in [0.05, 0.1) is 0 Å². The minimum absolute atomic E-state index is 0.641. The van der Waals surface area contributed by atoms with Gasteiger partial charge in [0, 0.05) is 19.9 Å². The first-order chi connectivity index (χ1) is 8.24. The van der Waals surface area contributed by atoms with E-state index in [0.29, 0.717) is 5.25 Å². The van der Waals surface area contributed by atoms with Crippen LogP contribution in [0.1, 0.15) is 13.8 Å². The molecule has 0 aromatic heterocycles. The molecule has 0 bridgehead atoms. The van der Waals surface area contributed by atoms with Crippen molar-refractivity contribution in [3.05, 3.63) is 54.6 Å². The maximum absolute atomic E-state index is 2.22. The lowest BCUT2D eigenvalue weighted by Gasteiger charge is -2.06. The zero-order valence-electron chi connectivity index (χ0n) is 10.1. The smallest absolute Gasteiger partial charge is 0.0123 e. The summed E-state index contributed by atoms with van der Waals surface area (Å²) in [7, 11) is 0. The molecule has 0 radical (unpaired) electrons. The molecule has 0 saturated heterocycles. The summed E-state index contributed by atoms with van der Waals surface area (Å²) >= 11 is 3.71. The number of thioether (sulfide) groups is 1. The summed E-state index contributed by atoms with van der Waals surface area (Å²) in [6.45, 7) is 4.44. The van der Waals surface area contributed by atoms with E-state index in [1.807, 2.05) is 17.8 Å². The second-order valence-corrected chi connectivity index (χ2v) is 6.85. The highest BCUT2D eigenvalue weighted by Crippen LogP contribution is 2.30. The Morgan fingerprint density at radius 2 is 1.24 bits per heavy atom. The molecular formula is C15H16S2. The SMILES string of the molecule is CC(C)Sc1ccc(Sc2ccccc2)cc1. The zero-order chi connectivity index (χ0) is 12.1. The fourth-order valence-electron chi connectivity index (χ4n) is 1.48. The van der Waals surface area contributed by atoms with Crippen LogP contribution in [-0.4, -0.2) is 5.25 Å². The van der Waals surface area contributed by atoms with Gasteiger partial charge in [-0.3, -0.25) is 0 Å². The Morgan fingerprint density at radius 1 is 0.706 bits per heavy atom. The Morgan fingerprint density at radius 3 is 1.82 bits per heavy atom. The van der Waals surface area contributed by atoms with Gasteiger partial charge in [-0.2, -0.15) is 0 Å². The van der Waals surface area contributed by atoms with Crippen LogP contribution in [-0.2, 0) is 0 Å². The predicted octanol–water partition coefficient (Wildman–Crippen LogP) is 5.34. The van der Waals surface area contributed by atoms with E-state index >= 15 is 0 Å². The van der Waals surface area contributed by atoms with E-state index in [9.17, 15) is 0 Å². The van der Waals surface area contributed by atoms with Crippen molar-refractivity contribution in [1.29, 1.82) is 0 Å². The van der Waals surface area contributed by atoms with Crippen molar-refractivity contribution in [2.45, 2.75) is 33.8 Å². The van der Waals surface area contributed by atoms with Crippen LogP contribution < -0.4 is 0 Å². The van der Waals surface area contributed by atoms with Gasteiger partial charge in [0.25, 0.3) is 0 Å². The monoisotopic (exact) mass is 260 g/mol. The number of hydrogen-bond acceptors (Lipinski definition) is 2. The summed E-state index contributed by atoms with van der Waals surface area (Å²) in [5, 5.41) is 0.641. The lowest BCUT2D eigenvalue weighted by Crippen LogP contribution is -1.85. The van der Waals surface area contributed by atoms with E-state index in [0.717, 1.165) is 0 Å². The molecular weight excluding hydrogens is 244 g/mol. The van der Waals surface area contributed by atoms with Crippen molar-refractivity contribution < 1.29 is 0 Å². The van der Waals surface area contributed by atoms with Crippen LogP contribution in [0.25, 0.3) is 0 Å². The van der Waals surface area contributed by atoms with E-state index in [-0.39, 0.29) is 0 Å². The van der Waals surface area contributed by atoms with Crippen molar-refractivity contribution in [3.8, 4) is 0 Å². The molecule has 0 saturated carbocycles. The standard InChI is InChI=1S/C15H16S2/c1-12(2)16-14-8-10-15(11-9-14)17-13-6-4-3-5-7-13/h3-12H,1-2H3. The fraction of sp³-hybridized carbons (Fsp3) is 0.200.